The van der Waals surface area contributed by atoms with Crippen molar-refractivity contribution in [2.45, 2.75) is 30.7 Å². The average molecular weight is 327 g/mol. The van der Waals surface area contributed by atoms with Crippen LogP contribution in [0.25, 0.3) is 0 Å². The van der Waals surface area contributed by atoms with E-state index in [1.165, 1.54) is 0 Å². The smallest absolute Gasteiger partial charge is 0.255 e. The quantitative estimate of drug-likeness (QED) is 0.869. The lowest BCUT2D eigenvalue weighted by Gasteiger charge is -2.37. The number of thioether (sulfide) groups is 1. The van der Waals surface area contributed by atoms with Gasteiger partial charge in [0.2, 0.25) is 5.91 Å². The summed E-state index contributed by atoms with van der Waals surface area (Å²) in [6, 6.07) is 5.51. The molecule has 114 valence electrons. The third-order valence-corrected chi connectivity index (χ3v) is 5.00. The summed E-state index contributed by atoms with van der Waals surface area (Å²) in [6.07, 6.45) is 3.46. The van der Waals surface area contributed by atoms with Gasteiger partial charge in [-0.25, -0.2) is 0 Å². The van der Waals surface area contributed by atoms with Crippen molar-refractivity contribution in [3.63, 3.8) is 0 Å². The van der Waals surface area contributed by atoms with Crippen LogP contribution in [0, 0.1) is 5.92 Å². The molecule has 1 heterocycles. The first-order valence-electron chi connectivity index (χ1n) is 6.88. The third kappa shape index (κ3) is 3.52. The zero-order valence-corrected chi connectivity index (χ0v) is 13.7. The molecule has 0 unspecified atom stereocenters. The summed E-state index contributed by atoms with van der Waals surface area (Å²) in [4.78, 5) is 26.8. The predicted octanol–water partition coefficient (Wildman–Crippen LogP) is 2.79. The molecule has 2 rings (SSSR count). The summed E-state index contributed by atoms with van der Waals surface area (Å²) in [5, 5.41) is 0.436. The molecule has 1 aliphatic heterocycles. The Morgan fingerprint density at radius 3 is 2.71 bits per heavy atom. The SMILES string of the molecule is CSc1ccc(Cl)c(C(=O)N2C[C@@H](C(N)=O)CC[C@@H]2C)c1. The van der Waals surface area contributed by atoms with Crippen LogP contribution < -0.4 is 5.73 Å². The lowest BCUT2D eigenvalue weighted by Crippen LogP contribution is -2.48. The Morgan fingerprint density at radius 1 is 1.38 bits per heavy atom. The molecule has 1 aromatic carbocycles. The summed E-state index contributed by atoms with van der Waals surface area (Å²) in [5.41, 5.74) is 5.87. The second kappa shape index (κ2) is 6.71. The van der Waals surface area contributed by atoms with Gasteiger partial charge in [0.05, 0.1) is 16.5 Å². The lowest BCUT2D eigenvalue weighted by molar-refractivity contribution is -0.123. The second-order valence-electron chi connectivity index (χ2n) is 5.33. The van der Waals surface area contributed by atoms with E-state index in [2.05, 4.69) is 0 Å². The van der Waals surface area contributed by atoms with Gasteiger partial charge in [0, 0.05) is 17.5 Å². The van der Waals surface area contributed by atoms with Crippen molar-refractivity contribution in [3.8, 4) is 0 Å². The molecule has 0 saturated carbocycles. The van der Waals surface area contributed by atoms with Crippen LogP contribution in [0.4, 0.5) is 0 Å². The van der Waals surface area contributed by atoms with Crippen molar-refractivity contribution in [1.29, 1.82) is 0 Å². The van der Waals surface area contributed by atoms with Crippen molar-refractivity contribution in [2.24, 2.45) is 11.7 Å². The van der Waals surface area contributed by atoms with Gasteiger partial charge in [-0.15, -0.1) is 11.8 Å². The van der Waals surface area contributed by atoms with Crippen LogP contribution in [-0.4, -0.2) is 35.6 Å². The maximum atomic E-state index is 12.7. The molecular weight excluding hydrogens is 308 g/mol. The molecule has 0 aromatic heterocycles. The fourth-order valence-corrected chi connectivity index (χ4v) is 3.21. The average Bonchev–Trinajstić information content (AvgIpc) is 2.47. The molecule has 6 heteroatoms. The highest BCUT2D eigenvalue weighted by atomic mass is 35.5. The highest BCUT2D eigenvalue weighted by molar-refractivity contribution is 7.98. The van der Waals surface area contributed by atoms with Crippen LogP contribution in [0.3, 0.4) is 0 Å². The van der Waals surface area contributed by atoms with E-state index in [1.54, 1.807) is 28.8 Å². The summed E-state index contributed by atoms with van der Waals surface area (Å²) < 4.78 is 0. The standard InChI is InChI=1S/C15H19ClN2O2S/c1-9-3-4-10(14(17)19)8-18(9)15(20)12-7-11(21-2)5-6-13(12)16/h5-7,9-10H,3-4,8H2,1-2H3,(H2,17,19)/t9-,10-/m0/s1. The van der Waals surface area contributed by atoms with Crippen LogP contribution in [-0.2, 0) is 4.79 Å². The van der Waals surface area contributed by atoms with Gasteiger partial charge in [-0.1, -0.05) is 11.6 Å². The summed E-state index contributed by atoms with van der Waals surface area (Å²) in [7, 11) is 0. The number of piperidine rings is 1. The van der Waals surface area contributed by atoms with E-state index in [0.717, 1.165) is 17.7 Å². The lowest BCUT2D eigenvalue weighted by atomic mass is 9.92. The molecule has 2 amide bonds. The van der Waals surface area contributed by atoms with Crippen LogP contribution in [0.15, 0.2) is 23.1 Å². The normalized spacial score (nSPS) is 22.1. The van der Waals surface area contributed by atoms with Crippen LogP contribution in [0.5, 0.6) is 0 Å². The van der Waals surface area contributed by atoms with E-state index in [-0.39, 0.29) is 23.8 Å². The Kier molecular flexibility index (Phi) is 5.17. The minimum atomic E-state index is -0.344. The fourth-order valence-electron chi connectivity index (χ4n) is 2.57. The minimum Gasteiger partial charge on any atom is -0.369 e. The Hall–Kier alpha value is -1.20. The van der Waals surface area contributed by atoms with E-state index in [0.29, 0.717) is 17.1 Å². The van der Waals surface area contributed by atoms with Crippen LogP contribution in [0.2, 0.25) is 5.02 Å². The predicted molar refractivity (Wildman–Crippen MR) is 85.6 cm³/mol. The fraction of sp³-hybridized carbons (Fsp3) is 0.467. The molecular formula is C15H19ClN2O2S. The number of amides is 2. The number of carbonyl (C=O) groups excluding carboxylic acids is 2. The topological polar surface area (TPSA) is 63.4 Å². The van der Waals surface area contributed by atoms with E-state index < -0.39 is 0 Å². The van der Waals surface area contributed by atoms with Gasteiger partial charge in [-0.3, -0.25) is 9.59 Å². The zero-order chi connectivity index (χ0) is 15.6. The largest absolute Gasteiger partial charge is 0.369 e. The molecule has 2 atom stereocenters. The van der Waals surface area contributed by atoms with Gasteiger partial charge in [0.15, 0.2) is 0 Å². The first-order valence-corrected chi connectivity index (χ1v) is 8.48. The van der Waals surface area contributed by atoms with Crippen LogP contribution in [0.1, 0.15) is 30.1 Å². The first-order chi connectivity index (χ1) is 9.93. The Morgan fingerprint density at radius 2 is 2.10 bits per heavy atom. The number of hydrogen-bond donors (Lipinski definition) is 1. The number of primary amides is 1. The van der Waals surface area contributed by atoms with E-state index in [9.17, 15) is 9.59 Å². The summed E-state index contributed by atoms with van der Waals surface area (Å²) in [6.45, 7) is 2.36. The van der Waals surface area contributed by atoms with Gasteiger partial charge >= 0.3 is 0 Å². The van der Waals surface area contributed by atoms with Gasteiger partial charge in [-0.2, -0.15) is 0 Å². The molecule has 4 nitrogen and oxygen atoms in total. The number of carbonyl (C=O) groups is 2. The monoisotopic (exact) mass is 326 g/mol. The number of halogens is 1. The zero-order valence-electron chi connectivity index (χ0n) is 12.1. The molecule has 0 aliphatic carbocycles. The Bertz CT molecular complexity index is 565. The summed E-state index contributed by atoms with van der Waals surface area (Å²) in [5.74, 6) is -0.745. The Balaban J connectivity index is 2.27. The number of benzene rings is 1. The van der Waals surface area contributed by atoms with E-state index in [4.69, 9.17) is 17.3 Å². The van der Waals surface area contributed by atoms with E-state index in [1.807, 2.05) is 19.2 Å². The number of likely N-dealkylation sites (tertiary alicyclic amines) is 1. The number of rotatable bonds is 3. The van der Waals surface area contributed by atoms with Crippen molar-refractivity contribution in [1.82, 2.24) is 4.90 Å². The molecule has 1 fully saturated rings. The van der Waals surface area contributed by atoms with Crippen molar-refractivity contribution in [2.75, 3.05) is 12.8 Å². The van der Waals surface area contributed by atoms with Gasteiger partial charge in [-0.05, 0) is 44.2 Å². The van der Waals surface area contributed by atoms with Gasteiger partial charge in [0.25, 0.3) is 5.91 Å². The second-order valence-corrected chi connectivity index (χ2v) is 6.62. The molecule has 0 radical (unpaired) electrons. The van der Waals surface area contributed by atoms with Crippen LogP contribution >= 0.6 is 23.4 Å². The number of nitrogens with two attached hydrogens (primary N) is 1. The first kappa shape index (κ1) is 16.2. The highest BCUT2D eigenvalue weighted by Gasteiger charge is 2.32. The molecule has 0 spiro atoms. The van der Waals surface area contributed by atoms with E-state index >= 15 is 0 Å². The van der Waals surface area contributed by atoms with Gasteiger partial charge in [0.1, 0.15) is 0 Å². The van der Waals surface area contributed by atoms with Crippen molar-refractivity contribution >= 4 is 35.2 Å². The number of hydrogen-bond acceptors (Lipinski definition) is 3. The third-order valence-electron chi connectivity index (χ3n) is 3.95. The molecule has 2 N–H and O–H groups in total. The van der Waals surface area contributed by atoms with Gasteiger partial charge < -0.3 is 10.6 Å². The molecule has 1 aromatic rings. The number of nitrogens with zero attached hydrogens (tertiary/aromatic N) is 1. The molecule has 21 heavy (non-hydrogen) atoms. The Labute approximate surface area is 134 Å². The molecule has 1 saturated heterocycles. The highest BCUT2D eigenvalue weighted by Crippen LogP contribution is 2.28. The summed E-state index contributed by atoms with van der Waals surface area (Å²) >= 11 is 7.72. The molecule has 0 bridgehead atoms. The minimum absolute atomic E-state index is 0.0853. The van der Waals surface area contributed by atoms with Crippen molar-refractivity contribution in [3.05, 3.63) is 28.8 Å². The maximum Gasteiger partial charge on any atom is 0.255 e. The molecule has 1 aliphatic rings. The van der Waals surface area contributed by atoms with Crippen molar-refractivity contribution < 1.29 is 9.59 Å². The maximum absolute atomic E-state index is 12.7.